The maximum Gasteiger partial charge on any atom is 0.344 e. The fraction of sp³-hybridized carbons (Fsp3) is 0.222. The zero-order chi connectivity index (χ0) is 25.1. The molecule has 2 N–H and O–H groups in total. The normalized spacial score (nSPS) is 12.8. The Kier molecular flexibility index (Phi) is 7.21. The van der Waals surface area contributed by atoms with Crippen LogP contribution in [0.4, 0.5) is 0 Å². The Morgan fingerprint density at radius 1 is 1.09 bits per heavy atom. The van der Waals surface area contributed by atoms with Gasteiger partial charge >= 0.3 is 5.97 Å². The van der Waals surface area contributed by atoms with Crippen molar-refractivity contribution in [1.29, 1.82) is 0 Å². The van der Waals surface area contributed by atoms with E-state index >= 15 is 0 Å². The second-order valence-electron chi connectivity index (χ2n) is 8.44. The van der Waals surface area contributed by atoms with E-state index in [4.69, 9.17) is 9.84 Å². The van der Waals surface area contributed by atoms with Crippen molar-refractivity contribution in [2.45, 2.75) is 39.5 Å². The van der Waals surface area contributed by atoms with Crippen molar-refractivity contribution < 1.29 is 19.4 Å². The summed E-state index contributed by atoms with van der Waals surface area (Å²) in [5, 5.41) is 12.1. The molecule has 0 aliphatic rings. The van der Waals surface area contributed by atoms with Crippen LogP contribution in [-0.4, -0.2) is 32.6 Å². The third-order valence-electron chi connectivity index (χ3n) is 5.80. The summed E-state index contributed by atoms with van der Waals surface area (Å²) in [7, 11) is 0. The van der Waals surface area contributed by atoms with Crippen LogP contribution in [0.5, 0.6) is 5.75 Å². The number of amides is 1. The Morgan fingerprint density at radius 3 is 2.60 bits per heavy atom. The van der Waals surface area contributed by atoms with Crippen molar-refractivity contribution in [3.05, 3.63) is 93.7 Å². The number of rotatable bonds is 8. The number of ether oxygens (including phenoxy) is 1. The number of aryl methyl sites for hydroxylation is 1. The number of nitrogens with one attached hydrogen (secondary N) is 1. The first kappa shape index (κ1) is 24.5. The third kappa shape index (κ3) is 5.71. The lowest BCUT2D eigenvalue weighted by molar-refractivity contribution is -0.144. The van der Waals surface area contributed by atoms with Gasteiger partial charge in [-0.3, -0.25) is 4.79 Å². The number of nitrogens with zero attached hydrogens (tertiary/aromatic N) is 2. The Morgan fingerprint density at radius 2 is 1.86 bits per heavy atom. The number of benzene rings is 3. The van der Waals surface area contributed by atoms with E-state index in [1.807, 2.05) is 62.4 Å². The number of imidazole rings is 1. The van der Waals surface area contributed by atoms with E-state index < -0.39 is 12.1 Å². The maximum absolute atomic E-state index is 12.9. The highest BCUT2D eigenvalue weighted by Crippen LogP contribution is 2.23. The Balaban J connectivity index is 1.53. The highest BCUT2D eigenvalue weighted by atomic mass is 79.9. The summed E-state index contributed by atoms with van der Waals surface area (Å²) in [6.45, 7) is 5.90. The molecule has 0 radical (unpaired) electrons. The summed E-state index contributed by atoms with van der Waals surface area (Å²) in [5.41, 5.74) is 4.15. The molecule has 35 heavy (non-hydrogen) atoms. The predicted molar refractivity (Wildman–Crippen MR) is 138 cm³/mol. The van der Waals surface area contributed by atoms with Crippen LogP contribution in [-0.2, 0) is 11.3 Å². The lowest BCUT2D eigenvalue weighted by atomic mass is 10.1. The van der Waals surface area contributed by atoms with Crippen molar-refractivity contribution in [2.75, 3.05) is 0 Å². The summed E-state index contributed by atoms with van der Waals surface area (Å²) < 4.78 is 8.52. The summed E-state index contributed by atoms with van der Waals surface area (Å²) in [4.78, 5) is 28.7. The highest BCUT2D eigenvalue weighted by Gasteiger charge is 2.16. The molecule has 3 aromatic carbocycles. The molecule has 180 valence electrons. The molecule has 0 saturated heterocycles. The highest BCUT2D eigenvalue weighted by molar-refractivity contribution is 9.10. The molecule has 0 aliphatic heterocycles. The minimum Gasteiger partial charge on any atom is -0.479 e. The molecule has 4 aromatic rings. The van der Waals surface area contributed by atoms with E-state index in [1.165, 1.54) is 6.92 Å². The quantitative estimate of drug-likeness (QED) is 0.310. The molecule has 0 fully saturated rings. The first-order valence-electron chi connectivity index (χ1n) is 11.2. The molecule has 0 aliphatic carbocycles. The van der Waals surface area contributed by atoms with E-state index in [0.29, 0.717) is 17.9 Å². The molecule has 4 rings (SSSR count). The van der Waals surface area contributed by atoms with Crippen LogP contribution < -0.4 is 10.1 Å². The third-order valence-corrected chi connectivity index (χ3v) is 6.29. The predicted octanol–water partition coefficient (Wildman–Crippen LogP) is 5.50. The van der Waals surface area contributed by atoms with Crippen molar-refractivity contribution in [3.8, 4) is 5.75 Å². The average molecular weight is 536 g/mol. The van der Waals surface area contributed by atoms with Crippen LogP contribution in [0.2, 0.25) is 0 Å². The van der Waals surface area contributed by atoms with Gasteiger partial charge in [-0.05, 0) is 74.4 Å². The summed E-state index contributed by atoms with van der Waals surface area (Å²) in [5.74, 6) is 0.130. The van der Waals surface area contributed by atoms with Gasteiger partial charge in [-0.25, -0.2) is 9.78 Å². The number of carbonyl (C=O) groups excluding carboxylic acids is 1. The lowest BCUT2D eigenvalue weighted by Crippen LogP contribution is -2.26. The first-order chi connectivity index (χ1) is 16.7. The Hall–Kier alpha value is -3.65. The summed E-state index contributed by atoms with van der Waals surface area (Å²) in [6, 6.07) is 20.6. The minimum absolute atomic E-state index is 0.145. The molecule has 0 bridgehead atoms. The van der Waals surface area contributed by atoms with Crippen molar-refractivity contribution in [3.63, 3.8) is 0 Å². The Labute approximate surface area is 211 Å². The van der Waals surface area contributed by atoms with E-state index in [-0.39, 0.29) is 11.9 Å². The standard InChI is InChI=1S/C27H26BrN3O4/c1-16(20-7-5-8-22(28)13-20)29-26(32)21-10-11-25-24(14-21)30-18(3)31(25)15-19-6-4-9-23(12-19)35-17(2)27(33)34/h4-14,16-17H,15H2,1-3H3,(H,29,32)(H,33,34)/t16-,17+/m0/s1. The van der Waals surface area contributed by atoms with E-state index in [9.17, 15) is 9.59 Å². The number of carboxylic acids is 1. The van der Waals surface area contributed by atoms with Gasteiger partial charge in [0.05, 0.1) is 17.1 Å². The van der Waals surface area contributed by atoms with Crippen molar-refractivity contribution in [1.82, 2.24) is 14.9 Å². The minimum atomic E-state index is -1.02. The van der Waals surface area contributed by atoms with E-state index in [1.54, 1.807) is 18.2 Å². The largest absolute Gasteiger partial charge is 0.479 e. The van der Waals surface area contributed by atoms with Gasteiger partial charge in [0, 0.05) is 16.6 Å². The van der Waals surface area contributed by atoms with Gasteiger partial charge in [0.2, 0.25) is 0 Å². The van der Waals surface area contributed by atoms with Crippen LogP contribution in [0.3, 0.4) is 0 Å². The van der Waals surface area contributed by atoms with E-state index in [0.717, 1.165) is 32.5 Å². The molecular formula is C27H26BrN3O4. The first-order valence-corrected chi connectivity index (χ1v) is 12.0. The van der Waals surface area contributed by atoms with Crippen molar-refractivity contribution >= 4 is 38.8 Å². The number of aromatic nitrogens is 2. The topological polar surface area (TPSA) is 93.5 Å². The molecule has 2 atom stereocenters. The van der Waals surface area contributed by atoms with Crippen LogP contribution in [0, 0.1) is 6.92 Å². The van der Waals surface area contributed by atoms with E-state index in [2.05, 4.69) is 30.8 Å². The molecular weight excluding hydrogens is 510 g/mol. The monoisotopic (exact) mass is 535 g/mol. The lowest BCUT2D eigenvalue weighted by Gasteiger charge is -2.15. The molecule has 1 aromatic heterocycles. The average Bonchev–Trinajstić information content (AvgIpc) is 3.13. The number of carbonyl (C=O) groups is 2. The Bertz CT molecular complexity index is 1400. The molecule has 1 heterocycles. The zero-order valence-corrected chi connectivity index (χ0v) is 21.2. The molecule has 8 heteroatoms. The van der Waals surface area contributed by atoms with Gasteiger partial charge < -0.3 is 19.7 Å². The molecule has 0 saturated carbocycles. The molecule has 0 unspecified atom stereocenters. The maximum atomic E-state index is 12.9. The molecule has 0 spiro atoms. The summed E-state index contributed by atoms with van der Waals surface area (Å²) in [6.07, 6.45) is -0.934. The second-order valence-corrected chi connectivity index (χ2v) is 9.36. The number of hydrogen-bond donors (Lipinski definition) is 2. The molecule has 7 nitrogen and oxygen atoms in total. The van der Waals surface area contributed by atoms with Crippen LogP contribution in [0.15, 0.2) is 71.2 Å². The van der Waals surface area contributed by atoms with Gasteiger partial charge in [0.25, 0.3) is 5.91 Å². The molecule has 1 amide bonds. The summed E-state index contributed by atoms with van der Waals surface area (Å²) >= 11 is 3.47. The fourth-order valence-corrected chi connectivity index (χ4v) is 4.30. The smallest absolute Gasteiger partial charge is 0.344 e. The zero-order valence-electron chi connectivity index (χ0n) is 19.7. The fourth-order valence-electron chi connectivity index (χ4n) is 3.88. The van der Waals surface area contributed by atoms with Gasteiger partial charge in [-0.15, -0.1) is 0 Å². The number of hydrogen-bond acceptors (Lipinski definition) is 4. The van der Waals surface area contributed by atoms with Crippen LogP contribution in [0.1, 0.15) is 47.2 Å². The van der Waals surface area contributed by atoms with Gasteiger partial charge in [0.15, 0.2) is 6.10 Å². The van der Waals surface area contributed by atoms with Gasteiger partial charge in [-0.2, -0.15) is 0 Å². The number of fused-ring (bicyclic) bond motifs is 1. The van der Waals surface area contributed by atoms with Crippen LogP contribution in [0.25, 0.3) is 11.0 Å². The number of halogens is 1. The number of aliphatic carboxylic acids is 1. The SMILES string of the molecule is Cc1nc2cc(C(=O)N[C@@H](C)c3cccc(Br)c3)ccc2n1Cc1cccc(O[C@H](C)C(=O)O)c1. The van der Waals surface area contributed by atoms with Crippen LogP contribution >= 0.6 is 15.9 Å². The van der Waals surface area contributed by atoms with Gasteiger partial charge in [-0.1, -0.05) is 40.2 Å². The number of carboxylic acid groups (broad SMARTS) is 1. The second kappa shape index (κ2) is 10.3. The van der Waals surface area contributed by atoms with Crippen molar-refractivity contribution in [2.24, 2.45) is 0 Å². The van der Waals surface area contributed by atoms with Gasteiger partial charge in [0.1, 0.15) is 11.6 Å².